The van der Waals surface area contributed by atoms with Gasteiger partial charge in [0.05, 0.1) is 11.9 Å². The van der Waals surface area contributed by atoms with Crippen molar-refractivity contribution in [3.8, 4) is 0 Å². The lowest BCUT2D eigenvalue weighted by Crippen LogP contribution is -2.49. The molecule has 19 heteroatoms. The van der Waals surface area contributed by atoms with Crippen LogP contribution < -0.4 is 16.4 Å². The van der Waals surface area contributed by atoms with Crippen molar-refractivity contribution in [3.63, 3.8) is 0 Å². The Morgan fingerprint density at radius 1 is 0.933 bits per heavy atom. The number of carboxylic acid groups (broad SMARTS) is 2. The molecule has 0 saturated carbocycles. The van der Waals surface area contributed by atoms with Crippen LogP contribution in [-0.2, 0) is 28.3 Å². The molecule has 45 heavy (non-hydrogen) atoms. The maximum absolute atomic E-state index is 14.6. The van der Waals surface area contributed by atoms with Crippen LogP contribution in [0, 0.1) is 0 Å². The van der Waals surface area contributed by atoms with E-state index < -0.39 is 55.3 Å². The van der Waals surface area contributed by atoms with Gasteiger partial charge in [0.1, 0.15) is 18.6 Å². The van der Waals surface area contributed by atoms with Gasteiger partial charge in [0, 0.05) is 61.9 Å². The second-order valence-electron chi connectivity index (χ2n) is 9.40. The van der Waals surface area contributed by atoms with Gasteiger partial charge in [-0.1, -0.05) is 30.3 Å². The number of rotatable bonds is 25. The Morgan fingerprint density at radius 3 is 1.93 bits per heavy atom. The molecule has 0 saturated heterocycles. The van der Waals surface area contributed by atoms with Gasteiger partial charge in [0.25, 0.3) is 0 Å². The molecule has 13 nitrogen and oxygen atoms in total. The highest BCUT2D eigenvalue weighted by molar-refractivity contribution is 7.99. The highest BCUT2D eigenvalue weighted by atomic mass is 35.5. The number of amides is 2. The molecule has 256 valence electrons. The first-order valence-corrected chi connectivity index (χ1v) is 18.6. The first-order valence-electron chi connectivity index (χ1n) is 13.9. The minimum Gasteiger partial charge on any atom is -0.480 e. The highest BCUT2D eigenvalue weighted by Gasteiger charge is 2.39. The molecule has 0 unspecified atom stereocenters. The molecule has 0 aliphatic carbocycles. The summed E-state index contributed by atoms with van der Waals surface area (Å²) < 4.78 is 24.0. The van der Waals surface area contributed by atoms with Crippen molar-refractivity contribution in [2.45, 2.75) is 30.2 Å². The predicted octanol–water partition coefficient (Wildman–Crippen LogP) is 3.02. The van der Waals surface area contributed by atoms with Crippen molar-refractivity contribution in [2.24, 2.45) is 5.73 Å². The zero-order valence-electron chi connectivity index (χ0n) is 24.5. The third-order valence-electron chi connectivity index (χ3n) is 6.18. The third-order valence-corrected chi connectivity index (χ3v) is 10.9. The van der Waals surface area contributed by atoms with Crippen molar-refractivity contribution in [1.82, 2.24) is 20.0 Å². The van der Waals surface area contributed by atoms with E-state index in [2.05, 4.69) is 10.6 Å². The van der Waals surface area contributed by atoms with Crippen LogP contribution in [0.5, 0.6) is 0 Å². The quantitative estimate of drug-likeness (QED) is 0.0726. The number of aliphatic carboxylic acids is 2. The van der Waals surface area contributed by atoms with E-state index in [0.29, 0.717) is 0 Å². The first-order chi connectivity index (χ1) is 21.4. The number of alkyl halides is 4. The molecule has 0 bridgehead atoms. The van der Waals surface area contributed by atoms with E-state index in [1.165, 1.54) is 11.8 Å². The van der Waals surface area contributed by atoms with Gasteiger partial charge in [-0.05, 0) is 12.0 Å². The lowest BCUT2D eigenvalue weighted by Gasteiger charge is -2.38. The Labute approximate surface area is 287 Å². The summed E-state index contributed by atoms with van der Waals surface area (Å²) in [6.45, 7) is 0.0394. The van der Waals surface area contributed by atoms with Crippen molar-refractivity contribution in [2.75, 3.05) is 68.6 Å². The summed E-state index contributed by atoms with van der Waals surface area (Å²) in [5.74, 6) is -3.39. The number of carbonyl (C=O) groups excluding carboxylic acids is 2. The normalized spacial score (nSPS) is 13.8. The number of nitrogens with two attached hydrogens (primary N) is 1. The topological polar surface area (TPSA) is 192 Å². The van der Waals surface area contributed by atoms with E-state index in [1.54, 1.807) is 21.5 Å². The summed E-state index contributed by atoms with van der Waals surface area (Å²) in [5.41, 5.74) is 6.25. The number of hydrogen-bond donors (Lipinski definition) is 5. The number of hydrogen-bond acceptors (Lipinski definition) is 8. The monoisotopic (exact) mass is 753 g/mol. The largest absolute Gasteiger partial charge is 0.480 e. The van der Waals surface area contributed by atoms with Crippen LogP contribution in [0.25, 0.3) is 0 Å². The van der Waals surface area contributed by atoms with Crippen LogP contribution in [0.4, 0.5) is 0 Å². The van der Waals surface area contributed by atoms with E-state index in [0.717, 1.165) is 5.56 Å². The SMILES string of the molecule is N[C@@H](CCC(=O)N[C@@H](CS[C@@H](COP(=O)(N(CCCl)CCCl)N(CCCl)CCCl)c1ccccc1)C(=O)NCC(=O)O)C(=O)O. The van der Waals surface area contributed by atoms with E-state index in [-0.39, 0.29) is 74.9 Å². The van der Waals surface area contributed by atoms with Crippen LogP contribution >= 0.6 is 65.8 Å². The summed E-state index contributed by atoms with van der Waals surface area (Å²) in [6.07, 6.45) is -0.445. The number of halogens is 4. The Bertz CT molecular complexity index is 1080. The second kappa shape index (κ2) is 23.1. The Kier molecular flexibility index (Phi) is 21.4. The van der Waals surface area contributed by atoms with Gasteiger partial charge in [-0.2, -0.15) is 0 Å². The minimum atomic E-state index is -3.78. The summed E-state index contributed by atoms with van der Waals surface area (Å²) in [6, 6.07) is 6.58. The molecule has 0 aliphatic heterocycles. The first kappa shape index (κ1) is 41.7. The van der Waals surface area contributed by atoms with Gasteiger partial charge < -0.3 is 31.1 Å². The predicted molar refractivity (Wildman–Crippen MR) is 179 cm³/mol. The summed E-state index contributed by atoms with van der Waals surface area (Å²) in [5, 5.41) is 22.3. The molecule has 1 aromatic rings. The minimum absolute atomic E-state index is 0.0461. The molecule has 0 spiro atoms. The molecule has 2 amide bonds. The van der Waals surface area contributed by atoms with Gasteiger partial charge in [0.15, 0.2) is 0 Å². The van der Waals surface area contributed by atoms with Gasteiger partial charge in [-0.3, -0.25) is 23.7 Å². The molecule has 6 N–H and O–H groups in total. The van der Waals surface area contributed by atoms with E-state index in [4.69, 9.17) is 66.9 Å². The van der Waals surface area contributed by atoms with Crippen LogP contribution in [-0.4, -0.2) is 124 Å². The lowest BCUT2D eigenvalue weighted by atomic mass is 10.1. The summed E-state index contributed by atoms with van der Waals surface area (Å²) in [7, 11) is -3.78. The molecule has 0 heterocycles. The zero-order chi connectivity index (χ0) is 33.8. The van der Waals surface area contributed by atoms with Gasteiger partial charge in [-0.15, -0.1) is 58.2 Å². The molecule has 0 aromatic heterocycles. The number of nitrogens with zero attached hydrogens (tertiary/aromatic N) is 2. The van der Waals surface area contributed by atoms with Crippen molar-refractivity contribution < 1.29 is 38.5 Å². The fourth-order valence-corrected chi connectivity index (χ4v) is 8.89. The number of nitrogens with one attached hydrogen (secondary N) is 2. The maximum atomic E-state index is 14.6. The van der Waals surface area contributed by atoms with Crippen molar-refractivity contribution in [1.29, 1.82) is 0 Å². The molecule has 3 atom stereocenters. The van der Waals surface area contributed by atoms with E-state index in [1.807, 2.05) is 18.2 Å². The van der Waals surface area contributed by atoms with Crippen molar-refractivity contribution in [3.05, 3.63) is 35.9 Å². The number of benzene rings is 1. The van der Waals surface area contributed by atoms with Crippen LogP contribution in [0.2, 0.25) is 0 Å². The Balaban J connectivity index is 3.30. The van der Waals surface area contributed by atoms with Gasteiger partial charge in [-0.25, -0.2) is 9.34 Å². The fourth-order valence-electron chi connectivity index (χ4n) is 3.89. The highest BCUT2D eigenvalue weighted by Crippen LogP contribution is 2.55. The molecule has 0 fully saturated rings. The average molecular weight is 755 g/mol. The second-order valence-corrected chi connectivity index (χ2v) is 14.5. The standard InChI is InChI=1S/C26H40Cl4N5O8PS/c27-8-12-34(13-9-28)44(42,35(14-10-29)15-11-30)43-17-22(19-4-2-1-3-5-19)45-18-21(25(39)32-16-24(37)38)33-23(36)7-6-20(31)26(40)41/h1-5,20-22H,6-18,31H2,(H,32,39)(H,33,36)(H,37,38)(H,40,41)/t20-,21-,22-/m0/s1. The fraction of sp³-hybridized carbons (Fsp3) is 0.615. The summed E-state index contributed by atoms with van der Waals surface area (Å²) in [4.78, 5) is 47.6. The zero-order valence-corrected chi connectivity index (χ0v) is 29.2. The lowest BCUT2D eigenvalue weighted by molar-refractivity contribution is -0.139. The van der Waals surface area contributed by atoms with Gasteiger partial charge >= 0.3 is 19.6 Å². The average Bonchev–Trinajstić information content (AvgIpc) is 3.01. The van der Waals surface area contributed by atoms with Crippen LogP contribution in [0.15, 0.2) is 30.3 Å². The molecular formula is C26H40Cl4N5O8PS. The molecule has 1 aromatic carbocycles. The Morgan fingerprint density at radius 2 is 1.47 bits per heavy atom. The van der Waals surface area contributed by atoms with Crippen molar-refractivity contribution >= 4 is 89.6 Å². The van der Waals surface area contributed by atoms with Crippen LogP contribution in [0.1, 0.15) is 23.7 Å². The number of carboxylic acids is 2. The third kappa shape index (κ3) is 15.4. The molecule has 1 rings (SSSR count). The van der Waals surface area contributed by atoms with E-state index >= 15 is 0 Å². The van der Waals surface area contributed by atoms with Crippen LogP contribution in [0.3, 0.4) is 0 Å². The summed E-state index contributed by atoms with van der Waals surface area (Å²) >= 11 is 25.3. The molecular weight excluding hydrogens is 715 g/mol. The maximum Gasteiger partial charge on any atom is 0.346 e. The number of carbonyl (C=O) groups is 4. The smallest absolute Gasteiger partial charge is 0.346 e. The van der Waals surface area contributed by atoms with E-state index in [9.17, 15) is 23.7 Å². The van der Waals surface area contributed by atoms with Gasteiger partial charge in [0.2, 0.25) is 11.8 Å². The number of thioether (sulfide) groups is 1. The Hall–Kier alpha value is -1.32. The molecule has 0 radical (unpaired) electrons. The molecule has 0 aliphatic rings.